The molecule has 35 heavy (non-hydrogen) atoms. The predicted octanol–water partition coefficient (Wildman–Crippen LogP) is 5.77. The fourth-order valence-electron chi connectivity index (χ4n) is 3.97. The van der Waals surface area contributed by atoms with Crippen LogP contribution in [0.25, 0.3) is 16.9 Å². The zero-order chi connectivity index (χ0) is 25.2. The Morgan fingerprint density at radius 1 is 1.03 bits per heavy atom. The second-order valence-electron chi connectivity index (χ2n) is 8.83. The number of carbonyl (C=O) groups excluding carboxylic acids is 1. The van der Waals surface area contributed by atoms with Gasteiger partial charge in [-0.1, -0.05) is 53.4 Å². The summed E-state index contributed by atoms with van der Waals surface area (Å²) < 4.78 is 1.64. The summed E-state index contributed by atoms with van der Waals surface area (Å²) in [7, 11) is 0. The molecule has 2 aliphatic carbocycles. The van der Waals surface area contributed by atoms with Crippen LogP contribution in [0.4, 0.5) is 5.69 Å². The maximum atomic E-state index is 13.0. The number of carbonyl (C=O) groups is 1. The van der Waals surface area contributed by atoms with E-state index in [1.807, 2.05) is 19.9 Å². The summed E-state index contributed by atoms with van der Waals surface area (Å²) in [6.07, 6.45) is 13.9. The molecular formula is C27H37N7O. The Kier molecular flexibility index (Phi) is 9.59. The van der Waals surface area contributed by atoms with Gasteiger partial charge in [0.05, 0.1) is 23.0 Å². The Hall–Kier alpha value is -3.47. The number of fused-ring (bicyclic) bond motifs is 1. The third-order valence-electron chi connectivity index (χ3n) is 5.77. The Balaban J connectivity index is 0.000000638. The quantitative estimate of drug-likeness (QED) is 0.485. The fourth-order valence-corrected chi connectivity index (χ4v) is 3.97. The first-order chi connectivity index (χ1) is 17.1. The van der Waals surface area contributed by atoms with E-state index in [2.05, 4.69) is 45.6 Å². The number of rotatable bonds is 5. The van der Waals surface area contributed by atoms with E-state index in [4.69, 9.17) is 5.26 Å². The first-order valence-corrected chi connectivity index (χ1v) is 12.9. The van der Waals surface area contributed by atoms with Gasteiger partial charge in [-0.3, -0.25) is 4.79 Å². The van der Waals surface area contributed by atoms with Crippen LogP contribution in [0, 0.1) is 11.3 Å². The van der Waals surface area contributed by atoms with Crippen molar-refractivity contribution in [2.24, 2.45) is 0 Å². The van der Waals surface area contributed by atoms with Crippen molar-refractivity contribution in [1.29, 1.82) is 5.26 Å². The maximum Gasteiger partial charge on any atom is 0.255 e. The molecule has 1 amide bonds. The highest BCUT2D eigenvalue weighted by atomic mass is 16.1. The molecule has 0 saturated heterocycles. The normalized spacial score (nSPS) is 15.2. The van der Waals surface area contributed by atoms with Gasteiger partial charge in [0.15, 0.2) is 11.5 Å². The lowest BCUT2D eigenvalue weighted by atomic mass is 9.95. The summed E-state index contributed by atoms with van der Waals surface area (Å²) in [5.41, 5.74) is 2.44. The molecule has 2 aliphatic rings. The Morgan fingerprint density at radius 3 is 2.40 bits per heavy atom. The molecule has 3 aromatic rings. The molecule has 0 aliphatic heterocycles. The molecule has 8 heteroatoms. The van der Waals surface area contributed by atoms with Crippen LogP contribution in [-0.2, 0) is 0 Å². The predicted molar refractivity (Wildman–Crippen MR) is 140 cm³/mol. The van der Waals surface area contributed by atoms with Crippen molar-refractivity contribution in [1.82, 2.24) is 25.1 Å². The second-order valence-corrected chi connectivity index (χ2v) is 8.83. The molecule has 0 bridgehead atoms. The van der Waals surface area contributed by atoms with Crippen LogP contribution in [0.2, 0.25) is 0 Å². The minimum absolute atomic E-state index is 0.0776. The SMILES string of the molecule is CC.CCC.N#Cc1cnc2c(cnn2-c2cc(NC3CC3)c(C(=O)NC3CCCCC3)cn2)c1. The Labute approximate surface area is 208 Å². The van der Waals surface area contributed by atoms with Crippen molar-refractivity contribution in [3.63, 3.8) is 0 Å². The van der Waals surface area contributed by atoms with Crippen molar-refractivity contribution in [2.75, 3.05) is 5.32 Å². The first-order valence-electron chi connectivity index (χ1n) is 12.9. The highest BCUT2D eigenvalue weighted by Crippen LogP contribution is 2.29. The van der Waals surface area contributed by atoms with Crippen molar-refractivity contribution >= 4 is 22.6 Å². The van der Waals surface area contributed by atoms with Crippen molar-refractivity contribution in [3.8, 4) is 11.9 Å². The lowest BCUT2D eigenvalue weighted by Gasteiger charge is -2.23. The number of hydrogen-bond acceptors (Lipinski definition) is 6. The fraction of sp³-hybridized carbons (Fsp3) is 0.519. The average molecular weight is 476 g/mol. The van der Waals surface area contributed by atoms with E-state index in [-0.39, 0.29) is 11.9 Å². The van der Waals surface area contributed by atoms with Crippen molar-refractivity contribution in [3.05, 3.63) is 41.9 Å². The van der Waals surface area contributed by atoms with Gasteiger partial charge in [0, 0.05) is 35.9 Å². The van der Waals surface area contributed by atoms with Gasteiger partial charge >= 0.3 is 0 Å². The van der Waals surface area contributed by atoms with Crippen LogP contribution >= 0.6 is 0 Å². The average Bonchev–Trinajstić information content (AvgIpc) is 3.61. The molecule has 8 nitrogen and oxygen atoms in total. The molecule has 5 rings (SSSR count). The highest BCUT2D eigenvalue weighted by Gasteiger charge is 2.25. The molecule has 0 atom stereocenters. The lowest BCUT2D eigenvalue weighted by molar-refractivity contribution is 0.0928. The number of pyridine rings is 2. The minimum atomic E-state index is -0.0776. The summed E-state index contributed by atoms with van der Waals surface area (Å²) in [4.78, 5) is 21.8. The van der Waals surface area contributed by atoms with Gasteiger partial charge in [-0.2, -0.15) is 15.0 Å². The summed E-state index contributed by atoms with van der Waals surface area (Å²) in [5.74, 6) is 0.505. The Bertz CT molecular complexity index is 1150. The van der Waals surface area contributed by atoms with E-state index in [0.29, 0.717) is 28.6 Å². The van der Waals surface area contributed by atoms with Gasteiger partial charge < -0.3 is 10.6 Å². The summed E-state index contributed by atoms with van der Waals surface area (Å²) in [6.45, 7) is 8.25. The van der Waals surface area contributed by atoms with Crippen LogP contribution in [-0.4, -0.2) is 37.7 Å². The number of nitrogens with one attached hydrogen (secondary N) is 2. The third-order valence-corrected chi connectivity index (χ3v) is 5.77. The van der Waals surface area contributed by atoms with Crippen LogP contribution < -0.4 is 10.6 Å². The molecule has 186 valence electrons. The number of hydrogen-bond donors (Lipinski definition) is 2. The molecule has 0 radical (unpaired) electrons. The minimum Gasteiger partial charge on any atom is -0.382 e. The number of nitriles is 1. The van der Waals surface area contributed by atoms with Crippen LogP contribution in [0.5, 0.6) is 0 Å². The largest absolute Gasteiger partial charge is 0.382 e. The number of anilines is 1. The zero-order valence-corrected chi connectivity index (χ0v) is 21.3. The number of aromatic nitrogens is 4. The summed E-state index contributed by atoms with van der Waals surface area (Å²) in [5, 5.41) is 20.9. The monoisotopic (exact) mass is 475 g/mol. The molecule has 0 aromatic carbocycles. The molecule has 3 heterocycles. The standard InChI is InChI=1S/C22H23N7O.C3H8.C2H6/c23-10-14-8-15-12-26-29(21(15)25-11-14)20-9-19(27-17-6-7-17)18(13-24-20)22(30)28-16-4-2-1-3-5-16;1-3-2;1-2/h8-9,11-13,16-17H,1-7H2,(H,24,27)(H,28,30);3H2,1-2H3;1-2H3. The first kappa shape index (κ1) is 26.1. The molecule has 2 saturated carbocycles. The van der Waals surface area contributed by atoms with Crippen molar-refractivity contribution < 1.29 is 4.79 Å². The molecule has 2 N–H and O–H groups in total. The van der Waals surface area contributed by atoms with Crippen molar-refractivity contribution in [2.45, 2.75) is 91.1 Å². The second kappa shape index (κ2) is 12.8. The Morgan fingerprint density at radius 2 is 1.74 bits per heavy atom. The van der Waals surface area contributed by atoms with Crippen LogP contribution in [0.3, 0.4) is 0 Å². The smallest absolute Gasteiger partial charge is 0.255 e. The van der Waals surface area contributed by atoms with Crippen LogP contribution in [0.15, 0.2) is 30.7 Å². The molecule has 0 unspecified atom stereocenters. The van der Waals surface area contributed by atoms with Gasteiger partial charge in [0.25, 0.3) is 5.91 Å². The molecule has 3 aromatic heterocycles. The van der Waals surface area contributed by atoms with Gasteiger partial charge in [-0.25, -0.2) is 9.97 Å². The lowest BCUT2D eigenvalue weighted by Crippen LogP contribution is -2.36. The van der Waals surface area contributed by atoms with Crippen LogP contribution in [0.1, 0.15) is 95.0 Å². The highest BCUT2D eigenvalue weighted by molar-refractivity contribution is 6.00. The number of amides is 1. The summed E-state index contributed by atoms with van der Waals surface area (Å²) >= 11 is 0. The van der Waals surface area contributed by atoms with E-state index in [1.54, 1.807) is 23.1 Å². The van der Waals surface area contributed by atoms with Gasteiger partial charge in [0.2, 0.25) is 0 Å². The topological polar surface area (TPSA) is 109 Å². The maximum absolute atomic E-state index is 13.0. The molecular weight excluding hydrogens is 438 g/mol. The molecule has 2 fully saturated rings. The van der Waals surface area contributed by atoms with E-state index >= 15 is 0 Å². The van der Waals surface area contributed by atoms with E-state index in [0.717, 1.165) is 36.8 Å². The van der Waals surface area contributed by atoms with E-state index < -0.39 is 0 Å². The zero-order valence-electron chi connectivity index (χ0n) is 21.3. The van der Waals surface area contributed by atoms with Gasteiger partial charge in [-0.15, -0.1) is 0 Å². The van der Waals surface area contributed by atoms with Gasteiger partial charge in [-0.05, 0) is 31.7 Å². The van der Waals surface area contributed by atoms with Gasteiger partial charge in [0.1, 0.15) is 6.07 Å². The van der Waals surface area contributed by atoms with E-state index in [9.17, 15) is 4.79 Å². The molecule has 0 spiro atoms. The third kappa shape index (κ3) is 6.78. The number of nitrogens with zero attached hydrogens (tertiary/aromatic N) is 5. The van der Waals surface area contributed by atoms with E-state index in [1.165, 1.54) is 31.9 Å². The summed E-state index contributed by atoms with van der Waals surface area (Å²) in [6, 6.07) is 6.34.